The largest absolute Gasteiger partial charge is 0.348 e. The highest BCUT2D eigenvalue weighted by atomic mass is 32.2. The lowest BCUT2D eigenvalue weighted by atomic mass is 10.2. The van der Waals surface area contributed by atoms with E-state index < -0.39 is 23.4 Å². The van der Waals surface area contributed by atoms with Crippen molar-refractivity contribution in [2.24, 2.45) is 0 Å². The number of sulfonamides is 1. The molecule has 132 valence electrons. The van der Waals surface area contributed by atoms with Crippen molar-refractivity contribution in [2.45, 2.75) is 51.2 Å². The molecule has 0 saturated carbocycles. The van der Waals surface area contributed by atoms with Crippen LogP contribution in [0.3, 0.4) is 0 Å². The zero-order chi connectivity index (χ0) is 17.5. The SMILES string of the molecule is CCCC(NS(=O)(=O)c1ccc(C)cc1)P(=O)(OCC)OCC. The summed E-state index contributed by atoms with van der Waals surface area (Å²) < 4.78 is 51.1. The summed E-state index contributed by atoms with van der Waals surface area (Å²) in [6.45, 7) is 7.53. The van der Waals surface area contributed by atoms with Crippen LogP contribution in [0.1, 0.15) is 39.2 Å². The molecule has 1 unspecified atom stereocenters. The third-order valence-electron chi connectivity index (χ3n) is 3.18. The third-order valence-corrected chi connectivity index (χ3v) is 7.23. The minimum absolute atomic E-state index is 0.128. The van der Waals surface area contributed by atoms with Gasteiger partial charge in [-0.2, -0.15) is 4.72 Å². The predicted molar refractivity (Wildman–Crippen MR) is 91.1 cm³/mol. The van der Waals surface area contributed by atoms with Crippen LogP contribution in [0.15, 0.2) is 29.2 Å². The number of rotatable bonds is 10. The lowest BCUT2D eigenvalue weighted by Gasteiger charge is -2.26. The molecule has 0 radical (unpaired) electrons. The number of hydrogen-bond acceptors (Lipinski definition) is 5. The van der Waals surface area contributed by atoms with Crippen molar-refractivity contribution in [3.63, 3.8) is 0 Å². The van der Waals surface area contributed by atoms with Gasteiger partial charge in [0.2, 0.25) is 10.0 Å². The van der Waals surface area contributed by atoms with Crippen LogP contribution in [-0.2, 0) is 23.6 Å². The fourth-order valence-electron chi connectivity index (χ4n) is 2.10. The molecule has 0 aliphatic heterocycles. The fraction of sp³-hybridized carbons (Fsp3) is 0.600. The van der Waals surface area contributed by atoms with Gasteiger partial charge in [-0.3, -0.25) is 4.57 Å². The van der Waals surface area contributed by atoms with Crippen LogP contribution >= 0.6 is 7.60 Å². The molecule has 1 N–H and O–H groups in total. The molecule has 0 saturated heterocycles. The predicted octanol–water partition coefficient (Wildman–Crippen LogP) is 3.67. The molecule has 1 aromatic carbocycles. The van der Waals surface area contributed by atoms with Crippen molar-refractivity contribution in [1.29, 1.82) is 0 Å². The summed E-state index contributed by atoms with van der Waals surface area (Å²) >= 11 is 0. The van der Waals surface area contributed by atoms with Gasteiger partial charge in [-0.25, -0.2) is 8.42 Å². The average Bonchev–Trinajstić information content (AvgIpc) is 2.47. The van der Waals surface area contributed by atoms with E-state index in [-0.39, 0.29) is 18.1 Å². The fourth-order valence-corrected chi connectivity index (χ4v) is 5.86. The van der Waals surface area contributed by atoms with Crippen LogP contribution in [0.2, 0.25) is 0 Å². The smallest absolute Gasteiger partial charge is 0.308 e. The molecule has 8 heteroatoms. The number of nitrogens with one attached hydrogen (secondary N) is 1. The van der Waals surface area contributed by atoms with Crippen molar-refractivity contribution in [3.05, 3.63) is 29.8 Å². The van der Waals surface area contributed by atoms with Gasteiger partial charge < -0.3 is 9.05 Å². The van der Waals surface area contributed by atoms with Crippen LogP contribution in [0.4, 0.5) is 0 Å². The van der Waals surface area contributed by atoms with E-state index in [2.05, 4.69) is 4.72 Å². The quantitative estimate of drug-likeness (QED) is 0.642. The van der Waals surface area contributed by atoms with Gasteiger partial charge in [0.25, 0.3) is 0 Å². The molecule has 0 amide bonds. The molecular formula is C15H26NO5PS. The monoisotopic (exact) mass is 363 g/mol. The van der Waals surface area contributed by atoms with Crippen LogP contribution in [-0.4, -0.2) is 27.4 Å². The second kappa shape index (κ2) is 8.94. The van der Waals surface area contributed by atoms with Crippen molar-refractivity contribution < 1.29 is 22.0 Å². The zero-order valence-corrected chi connectivity index (χ0v) is 15.8. The van der Waals surface area contributed by atoms with Crippen molar-refractivity contribution in [2.75, 3.05) is 13.2 Å². The van der Waals surface area contributed by atoms with Gasteiger partial charge in [0.15, 0.2) is 0 Å². The van der Waals surface area contributed by atoms with E-state index in [0.29, 0.717) is 12.8 Å². The summed E-state index contributed by atoms with van der Waals surface area (Å²) in [6, 6.07) is 6.47. The third kappa shape index (κ3) is 5.69. The molecule has 0 aliphatic rings. The van der Waals surface area contributed by atoms with Gasteiger partial charge in [0.05, 0.1) is 18.1 Å². The maximum atomic E-state index is 12.9. The molecule has 0 aromatic heterocycles. The Morgan fingerprint density at radius 3 is 2.04 bits per heavy atom. The second-order valence-corrected chi connectivity index (χ2v) is 9.05. The molecule has 23 heavy (non-hydrogen) atoms. The summed E-state index contributed by atoms with van der Waals surface area (Å²) in [6.07, 6.45) is 1.01. The van der Waals surface area contributed by atoms with E-state index in [1.807, 2.05) is 13.8 Å². The number of aryl methyl sites for hydroxylation is 1. The minimum Gasteiger partial charge on any atom is -0.308 e. The summed E-state index contributed by atoms with van der Waals surface area (Å²) in [7, 11) is -7.36. The zero-order valence-electron chi connectivity index (χ0n) is 14.1. The summed E-state index contributed by atoms with van der Waals surface area (Å²) in [5.41, 5.74) is 0.961. The van der Waals surface area contributed by atoms with Gasteiger partial charge in [-0.1, -0.05) is 31.0 Å². The molecule has 0 heterocycles. The van der Waals surface area contributed by atoms with Gasteiger partial charge in [-0.05, 0) is 39.3 Å². The van der Waals surface area contributed by atoms with Crippen LogP contribution in [0.25, 0.3) is 0 Å². The first-order valence-corrected chi connectivity index (χ1v) is 10.9. The molecule has 0 fully saturated rings. The molecule has 0 spiro atoms. The van der Waals surface area contributed by atoms with Gasteiger partial charge >= 0.3 is 7.60 Å². The maximum Gasteiger partial charge on any atom is 0.348 e. The lowest BCUT2D eigenvalue weighted by molar-refractivity contribution is 0.208. The number of benzene rings is 1. The Balaban J connectivity index is 3.10. The van der Waals surface area contributed by atoms with Gasteiger partial charge in [0, 0.05) is 0 Å². The van der Waals surface area contributed by atoms with E-state index in [4.69, 9.17) is 9.05 Å². The first-order valence-electron chi connectivity index (χ1n) is 7.76. The Bertz CT molecular complexity index is 620. The van der Waals surface area contributed by atoms with Crippen LogP contribution < -0.4 is 4.72 Å². The molecule has 0 aliphatic carbocycles. The average molecular weight is 363 g/mol. The Labute approximate surface area is 139 Å². The van der Waals surface area contributed by atoms with E-state index in [1.165, 1.54) is 12.1 Å². The van der Waals surface area contributed by atoms with E-state index >= 15 is 0 Å². The Morgan fingerprint density at radius 1 is 1.09 bits per heavy atom. The highest BCUT2D eigenvalue weighted by Crippen LogP contribution is 2.53. The molecular weight excluding hydrogens is 337 g/mol. The molecule has 1 atom stereocenters. The lowest BCUT2D eigenvalue weighted by Crippen LogP contribution is -2.35. The van der Waals surface area contributed by atoms with E-state index in [9.17, 15) is 13.0 Å². The Morgan fingerprint density at radius 2 is 1.61 bits per heavy atom. The van der Waals surface area contributed by atoms with Gasteiger partial charge in [-0.15, -0.1) is 0 Å². The summed E-state index contributed by atoms with van der Waals surface area (Å²) in [5.74, 6) is -0.904. The highest BCUT2D eigenvalue weighted by Gasteiger charge is 2.38. The minimum atomic E-state index is -3.80. The molecule has 0 bridgehead atoms. The summed E-state index contributed by atoms with van der Waals surface area (Å²) in [5, 5.41) is 0. The molecule has 1 aromatic rings. The number of hydrogen-bond donors (Lipinski definition) is 1. The first kappa shape index (κ1) is 20.3. The molecule has 6 nitrogen and oxygen atoms in total. The van der Waals surface area contributed by atoms with Crippen LogP contribution in [0, 0.1) is 6.92 Å². The standard InChI is InChI=1S/C15H26NO5PS/c1-5-8-15(22(17,20-6-2)21-7-3)16-23(18,19)14-11-9-13(4)10-12-14/h9-12,15-16H,5-8H2,1-4H3. The summed E-state index contributed by atoms with van der Waals surface area (Å²) in [4.78, 5) is 0.128. The van der Waals surface area contributed by atoms with E-state index in [1.54, 1.807) is 26.0 Å². The van der Waals surface area contributed by atoms with Gasteiger partial charge in [0.1, 0.15) is 5.78 Å². The normalized spacial score (nSPS) is 13.9. The van der Waals surface area contributed by atoms with Crippen molar-refractivity contribution in [3.8, 4) is 0 Å². The maximum absolute atomic E-state index is 12.9. The topological polar surface area (TPSA) is 81.7 Å². The van der Waals surface area contributed by atoms with Crippen molar-refractivity contribution in [1.82, 2.24) is 4.72 Å². The second-order valence-electron chi connectivity index (χ2n) is 5.11. The molecule has 1 rings (SSSR count). The highest BCUT2D eigenvalue weighted by molar-refractivity contribution is 7.89. The Kier molecular flexibility index (Phi) is 7.90. The first-order chi connectivity index (χ1) is 10.8. The Hall–Kier alpha value is -0.720. The van der Waals surface area contributed by atoms with Crippen LogP contribution in [0.5, 0.6) is 0 Å². The van der Waals surface area contributed by atoms with Crippen molar-refractivity contribution >= 4 is 17.6 Å². The van der Waals surface area contributed by atoms with E-state index in [0.717, 1.165) is 5.56 Å².